The van der Waals surface area contributed by atoms with Gasteiger partial charge in [-0.2, -0.15) is 0 Å². The second-order valence-electron chi connectivity index (χ2n) is 6.46. The van der Waals surface area contributed by atoms with Gasteiger partial charge in [-0.25, -0.2) is 0 Å². The van der Waals surface area contributed by atoms with Crippen molar-refractivity contribution in [1.82, 2.24) is 0 Å². The fraction of sp³-hybridized carbons (Fsp3) is 0.429. The summed E-state index contributed by atoms with van der Waals surface area (Å²) in [6, 6.07) is 15.6. The molecule has 1 fully saturated rings. The Morgan fingerprint density at radius 2 is 1.73 bits per heavy atom. The van der Waals surface area contributed by atoms with Crippen LogP contribution in [0.4, 0.5) is 5.69 Å². The summed E-state index contributed by atoms with van der Waals surface area (Å²) >= 11 is 0. The van der Waals surface area contributed by atoms with Gasteiger partial charge in [-0.1, -0.05) is 0 Å². The van der Waals surface area contributed by atoms with Crippen LogP contribution >= 0.6 is 0 Å². The van der Waals surface area contributed by atoms with Gasteiger partial charge in [0.05, 0.1) is 19.8 Å². The zero-order valence-corrected chi connectivity index (χ0v) is 15.4. The van der Waals surface area contributed by atoms with E-state index in [2.05, 4.69) is 5.32 Å². The summed E-state index contributed by atoms with van der Waals surface area (Å²) in [5, 5.41) is 3.38. The Labute approximate surface area is 155 Å². The second-order valence-corrected chi connectivity index (χ2v) is 6.46. The van der Waals surface area contributed by atoms with Crippen molar-refractivity contribution < 1.29 is 18.9 Å². The number of ether oxygens (including phenoxy) is 4. The van der Waals surface area contributed by atoms with Gasteiger partial charge < -0.3 is 24.3 Å². The first-order valence-corrected chi connectivity index (χ1v) is 9.12. The minimum Gasteiger partial charge on any atom is -0.497 e. The Morgan fingerprint density at radius 3 is 2.38 bits per heavy atom. The van der Waals surface area contributed by atoms with E-state index in [-0.39, 0.29) is 12.2 Å². The first-order chi connectivity index (χ1) is 12.7. The van der Waals surface area contributed by atoms with Gasteiger partial charge in [-0.05, 0) is 68.3 Å². The molecule has 0 radical (unpaired) electrons. The number of hydrogen-bond donors (Lipinski definition) is 1. The lowest BCUT2D eigenvalue weighted by Crippen LogP contribution is -2.22. The van der Waals surface area contributed by atoms with Gasteiger partial charge in [-0.3, -0.25) is 0 Å². The van der Waals surface area contributed by atoms with Gasteiger partial charge in [-0.15, -0.1) is 0 Å². The van der Waals surface area contributed by atoms with Gasteiger partial charge in [0.2, 0.25) is 0 Å². The third-order valence-electron chi connectivity index (χ3n) is 4.30. The van der Waals surface area contributed by atoms with Crippen molar-refractivity contribution in [3.63, 3.8) is 0 Å². The summed E-state index contributed by atoms with van der Waals surface area (Å²) in [6.45, 7) is 4.23. The number of methoxy groups -OCH3 is 1. The largest absolute Gasteiger partial charge is 0.497 e. The standard InChI is InChI=1S/C21H27NO4/c1-16(26-20-11-9-18(23-2)10-12-20)14-22-17-5-7-19(8-6-17)25-15-21-4-3-13-24-21/h5-12,16,21-22H,3-4,13-15H2,1-2H3. The SMILES string of the molecule is COc1ccc(OC(C)CNc2ccc(OCC3CCCO3)cc2)cc1. The zero-order valence-electron chi connectivity index (χ0n) is 15.4. The molecular formula is C21H27NO4. The first kappa shape index (κ1) is 18.4. The van der Waals surface area contributed by atoms with Crippen LogP contribution in [0.15, 0.2) is 48.5 Å². The van der Waals surface area contributed by atoms with Crippen LogP contribution in [0, 0.1) is 0 Å². The maximum absolute atomic E-state index is 5.90. The predicted molar refractivity (Wildman–Crippen MR) is 102 cm³/mol. The van der Waals surface area contributed by atoms with E-state index < -0.39 is 0 Å². The lowest BCUT2D eigenvalue weighted by molar-refractivity contribution is 0.0679. The van der Waals surface area contributed by atoms with Crippen molar-refractivity contribution in [3.8, 4) is 17.2 Å². The van der Waals surface area contributed by atoms with E-state index in [1.54, 1.807) is 7.11 Å². The van der Waals surface area contributed by atoms with Crippen LogP contribution in [0.2, 0.25) is 0 Å². The lowest BCUT2D eigenvalue weighted by Gasteiger charge is -2.17. The highest BCUT2D eigenvalue weighted by molar-refractivity contribution is 5.46. The van der Waals surface area contributed by atoms with Crippen LogP contribution in [0.3, 0.4) is 0 Å². The van der Waals surface area contributed by atoms with Crippen molar-refractivity contribution in [1.29, 1.82) is 0 Å². The van der Waals surface area contributed by atoms with Crippen LogP contribution in [0.5, 0.6) is 17.2 Å². The van der Waals surface area contributed by atoms with Crippen molar-refractivity contribution in [2.24, 2.45) is 0 Å². The molecule has 0 saturated carbocycles. The molecule has 1 N–H and O–H groups in total. The Kier molecular flexibility index (Phi) is 6.61. The van der Waals surface area contributed by atoms with Crippen molar-refractivity contribution in [2.45, 2.75) is 32.0 Å². The Balaban J connectivity index is 1.40. The van der Waals surface area contributed by atoms with Crippen LogP contribution in [0.25, 0.3) is 0 Å². The minimum atomic E-state index is 0.0406. The average Bonchev–Trinajstić information content (AvgIpc) is 3.20. The maximum atomic E-state index is 5.90. The van der Waals surface area contributed by atoms with Gasteiger partial charge in [0.25, 0.3) is 0 Å². The van der Waals surface area contributed by atoms with Crippen molar-refractivity contribution in [3.05, 3.63) is 48.5 Å². The molecule has 2 aromatic rings. The summed E-state index contributed by atoms with van der Waals surface area (Å²) in [4.78, 5) is 0. The van der Waals surface area contributed by atoms with E-state index in [4.69, 9.17) is 18.9 Å². The quantitative estimate of drug-likeness (QED) is 0.731. The lowest BCUT2D eigenvalue weighted by atomic mass is 10.2. The third-order valence-corrected chi connectivity index (χ3v) is 4.30. The summed E-state index contributed by atoms with van der Waals surface area (Å²) in [5.74, 6) is 2.52. The average molecular weight is 357 g/mol. The number of hydrogen-bond acceptors (Lipinski definition) is 5. The highest BCUT2D eigenvalue weighted by atomic mass is 16.5. The highest BCUT2D eigenvalue weighted by Gasteiger charge is 2.15. The molecule has 1 saturated heterocycles. The van der Waals surface area contributed by atoms with Gasteiger partial charge in [0.1, 0.15) is 30.0 Å². The van der Waals surface area contributed by atoms with Crippen LogP contribution in [0.1, 0.15) is 19.8 Å². The smallest absolute Gasteiger partial charge is 0.120 e. The molecule has 26 heavy (non-hydrogen) atoms. The fourth-order valence-electron chi connectivity index (χ4n) is 2.82. The number of anilines is 1. The number of nitrogens with one attached hydrogen (secondary N) is 1. The van der Waals surface area contributed by atoms with Crippen molar-refractivity contribution in [2.75, 3.05) is 32.2 Å². The summed E-state index contributed by atoms with van der Waals surface area (Å²) in [5.41, 5.74) is 1.04. The summed E-state index contributed by atoms with van der Waals surface area (Å²) in [6.07, 6.45) is 2.50. The molecule has 2 atom stereocenters. The third kappa shape index (κ3) is 5.56. The Hall–Kier alpha value is -2.40. The molecule has 140 valence electrons. The minimum absolute atomic E-state index is 0.0406. The molecule has 0 bridgehead atoms. The molecular weight excluding hydrogens is 330 g/mol. The maximum Gasteiger partial charge on any atom is 0.120 e. The molecule has 0 aliphatic carbocycles. The van der Waals surface area contributed by atoms with Gasteiger partial charge >= 0.3 is 0 Å². The summed E-state index contributed by atoms with van der Waals surface area (Å²) in [7, 11) is 1.65. The predicted octanol–water partition coefficient (Wildman–Crippen LogP) is 4.13. The molecule has 0 spiro atoms. The van der Waals surface area contributed by atoms with Crippen molar-refractivity contribution >= 4 is 5.69 Å². The fourth-order valence-corrected chi connectivity index (χ4v) is 2.82. The molecule has 3 rings (SSSR count). The summed E-state index contributed by atoms with van der Waals surface area (Å²) < 4.78 is 22.4. The molecule has 2 unspecified atom stereocenters. The highest BCUT2D eigenvalue weighted by Crippen LogP contribution is 2.20. The normalized spacial score (nSPS) is 17.5. The van der Waals surface area contributed by atoms with E-state index in [0.29, 0.717) is 13.2 Å². The van der Waals surface area contributed by atoms with Gasteiger partial charge in [0.15, 0.2) is 0 Å². The molecule has 5 heteroatoms. The molecule has 2 aromatic carbocycles. The van der Waals surface area contributed by atoms with Crippen LogP contribution in [-0.4, -0.2) is 39.1 Å². The van der Waals surface area contributed by atoms with E-state index >= 15 is 0 Å². The van der Waals surface area contributed by atoms with E-state index in [0.717, 1.165) is 42.4 Å². The molecule has 0 amide bonds. The van der Waals surface area contributed by atoms with E-state index in [1.807, 2.05) is 55.5 Å². The van der Waals surface area contributed by atoms with Gasteiger partial charge in [0, 0.05) is 12.3 Å². The van der Waals surface area contributed by atoms with E-state index in [1.165, 1.54) is 0 Å². The monoisotopic (exact) mass is 357 g/mol. The molecule has 1 aliphatic rings. The Bertz CT molecular complexity index is 651. The second kappa shape index (κ2) is 9.34. The topological polar surface area (TPSA) is 49.0 Å². The van der Waals surface area contributed by atoms with E-state index in [9.17, 15) is 0 Å². The Morgan fingerprint density at radius 1 is 1.04 bits per heavy atom. The zero-order chi connectivity index (χ0) is 18.2. The van der Waals surface area contributed by atoms with Crippen LogP contribution in [-0.2, 0) is 4.74 Å². The molecule has 1 heterocycles. The molecule has 5 nitrogen and oxygen atoms in total. The number of benzene rings is 2. The molecule has 1 aliphatic heterocycles. The first-order valence-electron chi connectivity index (χ1n) is 9.12. The van der Waals surface area contributed by atoms with Crippen LogP contribution < -0.4 is 19.5 Å². The molecule has 0 aromatic heterocycles. The number of rotatable bonds is 9.